The van der Waals surface area contributed by atoms with Crippen molar-refractivity contribution in [3.8, 4) is 11.4 Å². The first-order valence-electron chi connectivity index (χ1n) is 8.98. The summed E-state index contributed by atoms with van der Waals surface area (Å²) in [4.78, 5) is 31.0. The summed E-state index contributed by atoms with van der Waals surface area (Å²) in [5.41, 5.74) is 3.90. The van der Waals surface area contributed by atoms with Crippen LogP contribution in [0.2, 0.25) is 0 Å². The Morgan fingerprint density at radius 1 is 1.27 bits per heavy atom. The average molecular weight is 444 g/mol. The molecule has 2 heterocycles. The second kappa shape index (κ2) is 8.09. The molecule has 12 heteroatoms. The Morgan fingerprint density at radius 3 is 2.63 bits per heavy atom. The van der Waals surface area contributed by atoms with Crippen molar-refractivity contribution in [2.75, 3.05) is 11.5 Å². The molecule has 1 aliphatic rings. The first-order valence-corrected chi connectivity index (χ1v) is 10.8. The molecule has 1 aromatic carbocycles. The van der Waals surface area contributed by atoms with Crippen molar-refractivity contribution in [3.63, 3.8) is 0 Å². The van der Waals surface area contributed by atoms with E-state index < -0.39 is 33.4 Å². The Morgan fingerprint density at radius 2 is 2.00 bits per heavy atom. The number of amides is 2. The molecule has 30 heavy (non-hydrogen) atoms. The minimum absolute atomic E-state index is 0.0437. The van der Waals surface area contributed by atoms with E-state index in [0.29, 0.717) is 12.1 Å². The zero-order valence-electron chi connectivity index (χ0n) is 15.8. The largest absolute Gasteiger partial charge is 0.416 e. The number of hydrazine groups is 1. The molecule has 1 saturated heterocycles. The maximum atomic E-state index is 12.9. The van der Waals surface area contributed by atoms with Crippen LogP contribution >= 0.6 is 0 Å². The number of halogens is 3. The lowest BCUT2D eigenvalue weighted by molar-refractivity contribution is -0.137. The maximum Gasteiger partial charge on any atom is 0.416 e. The number of aryl methyl sites for hydroxylation is 1. The van der Waals surface area contributed by atoms with Crippen LogP contribution in [0.15, 0.2) is 24.3 Å². The molecule has 0 bridgehead atoms. The monoisotopic (exact) mass is 444 g/mol. The molecule has 2 amide bonds. The molecule has 1 unspecified atom stereocenters. The predicted molar refractivity (Wildman–Crippen MR) is 101 cm³/mol. The number of hydrogen-bond acceptors (Lipinski definition) is 5. The molecule has 0 radical (unpaired) electrons. The van der Waals surface area contributed by atoms with Crippen molar-refractivity contribution in [2.24, 2.45) is 5.92 Å². The van der Waals surface area contributed by atoms with E-state index in [1.54, 1.807) is 0 Å². The summed E-state index contributed by atoms with van der Waals surface area (Å²) < 4.78 is 61.5. The number of aromatic nitrogens is 2. The van der Waals surface area contributed by atoms with Crippen LogP contribution in [0.1, 0.15) is 34.6 Å². The van der Waals surface area contributed by atoms with Gasteiger partial charge in [-0.3, -0.25) is 20.4 Å². The van der Waals surface area contributed by atoms with Crippen molar-refractivity contribution in [1.82, 2.24) is 20.8 Å². The fraction of sp³-hybridized carbons (Fsp3) is 0.389. The van der Waals surface area contributed by atoms with E-state index >= 15 is 0 Å². The zero-order valence-corrected chi connectivity index (χ0v) is 16.7. The Kier molecular flexibility index (Phi) is 5.88. The molecule has 0 spiro atoms. The standard InChI is InChI=1S/C18H19F3N4O4S/c1-10-15(17(27)25-24-14(26)7-11-5-6-30(28,29)9-11)23-16(22-10)12-3-2-4-13(8-12)18(19,20)21/h2-4,8,11H,5-7,9H2,1H3,(H,22,23)(H,24,26)(H,25,27). The van der Waals surface area contributed by atoms with E-state index in [0.717, 1.165) is 12.1 Å². The van der Waals surface area contributed by atoms with E-state index in [1.807, 2.05) is 0 Å². The van der Waals surface area contributed by atoms with E-state index in [2.05, 4.69) is 20.8 Å². The number of sulfone groups is 1. The van der Waals surface area contributed by atoms with Gasteiger partial charge < -0.3 is 4.98 Å². The Hall–Kier alpha value is -2.89. The summed E-state index contributed by atoms with van der Waals surface area (Å²) in [5, 5.41) is 0. The number of benzene rings is 1. The lowest BCUT2D eigenvalue weighted by Gasteiger charge is -2.09. The Labute approximate surface area is 170 Å². The van der Waals surface area contributed by atoms with Crippen molar-refractivity contribution >= 4 is 21.7 Å². The second-order valence-electron chi connectivity index (χ2n) is 7.11. The molecule has 1 aromatic heterocycles. The van der Waals surface area contributed by atoms with Crippen LogP contribution in [0.5, 0.6) is 0 Å². The molecular formula is C18H19F3N4O4S. The van der Waals surface area contributed by atoms with Crippen LogP contribution in [-0.2, 0) is 20.8 Å². The quantitative estimate of drug-likeness (QED) is 0.623. The van der Waals surface area contributed by atoms with Gasteiger partial charge in [-0.1, -0.05) is 12.1 Å². The summed E-state index contributed by atoms with van der Waals surface area (Å²) in [7, 11) is -3.11. The number of imidazole rings is 1. The van der Waals surface area contributed by atoms with Gasteiger partial charge in [0.2, 0.25) is 5.91 Å². The number of nitrogens with zero attached hydrogens (tertiary/aromatic N) is 1. The van der Waals surface area contributed by atoms with Crippen LogP contribution in [0, 0.1) is 12.8 Å². The van der Waals surface area contributed by atoms with Crippen LogP contribution in [0.4, 0.5) is 13.2 Å². The van der Waals surface area contributed by atoms with Crippen LogP contribution < -0.4 is 10.9 Å². The molecule has 162 valence electrons. The zero-order chi connectivity index (χ0) is 22.1. The van der Waals surface area contributed by atoms with Crippen molar-refractivity contribution in [2.45, 2.75) is 25.9 Å². The lowest BCUT2D eigenvalue weighted by Crippen LogP contribution is -2.42. The van der Waals surface area contributed by atoms with E-state index in [-0.39, 0.29) is 40.9 Å². The number of H-pyrrole nitrogens is 1. The number of hydrogen-bond donors (Lipinski definition) is 3. The topological polar surface area (TPSA) is 121 Å². The highest BCUT2D eigenvalue weighted by Crippen LogP contribution is 2.31. The molecular weight excluding hydrogens is 425 g/mol. The summed E-state index contributed by atoms with van der Waals surface area (Å²) >= 11 is 0. The maximum absolute atomic E-state index is 12.9. The summed E-state index contributed by atoms with van der Waals surface area (Å²) in [6, 6.07) is 4.50. The molecule has 3 rings (SSSR count). The van der Waals surface area contributed by atoms with Gasteiger partial charge in [-0.05, 0) is 31.4 Å². The number of carbonyl (C=O) groups is 2. The number of rotatable bonds is 4. The van der Waals surface area contributed by atoms with Crippen molar-refractivity contribution < 1.29 is 31.2 Å². The van der Waals surface area contributed by atoms with Gasteiger partial charge in [0.1, 0.15) is 5.82 Å². The molecule has 8 nitrogen and oxygen atoms in total. The van der Waals surface area contributed by atoms with Crippen LogP contribution in [-0.4, -0.2) is 41.7 Å². The first-order chi connectivity index (χ1) is 13.9. The van der Waals surface area contributed by atoms with Gasteiger partial charge in [0.05, 0.1) is 17.1 Å². The fourth-order valence-corrected chi connectivity index (χ4v) is 5.05. The average Bonchev–Trinajstić information content (AvgIpc) is 3.21. The summed E-state index contributed by atoms with van der Waals surface area (Å²) in [5.74, 6) is -1.54. The highest BCUT2D eigenvalue weighted by molar-refractivity contribution is 7.91. The summed E-state index contributed by atoms with van der Waals surface area (Å²) in [6.45, 7) is 1.52. The molecule has 2 aromatic rings. The Bertz CT molecular complexity index is 1080. The van der Waals surface area contributed by atoms with E-state index in [9.17, 15) is 31.2 Å². The number of aromatic amines is 1. The minimum Gasteiger partial charge on any atom is -0.341 e. The van der Waals surface area contributed by atoms with Gasteiger partial charge in [0.25, 0.3) is 5.91 Å². The minimum atomic E-state index is -4.51. The van der Waals surface area contributed by atoms with Gasteiger partial charge in [0, 0.05) is 17.7 Å². The van der Waals surface area contributed by atoms with Gasteiger partial charge in [-0.25, -0.2) is 13.4 Å². The molecule has 0 saturated carbocycles. The third kappa shape index (κ3) is 5.17. The third-order valence-electron chi connectivity index (χ3n) is 4.68. The van der Waals surface area contributed by atoms with Crippen molar-refractivity contribution in [3.05, 3.63) is 41.2 Å². The van der Waals surface area contributed by atoms with Crippen LogP contribution in [0.3, 0.4) is 0 Å². The molecule has 0 aliphatic carbocycles. The molecule has 1 atom stereocenters. The highest BCUT2D eigenvalue weighted by Gasteiger charge is 2.31. The van der Waals surface area contributed by atoms with Gasteiger partial charge >= 0.3 is 6.18 Å². The lowest BCUT2D eigenvalue weighted by atomic mass is 10.1. The highest BCUT2D eigenvalue weighted by atomic mass is 32.2. The Balaban J connectivity index is 1.64. The molecule has 3 N–H and O–H groups in total. The van der Waals surface area contributed by atoms with Gasteiger partial charge in [0.15, 0.2) is 15.5 Å². The SMILES string of the molecule is Cc1[nH]c(-c2cccc(C(F)(F)F)c2)nc1C(=O)NNC(=O)CC1CCS(=O)(=O)C1. The normalized spacial score (nSPS) is 18.2. The summed E-state index contributed by atoms with van der Waals surface area (Å²) in [6.07, 6.45) is -4.17. The number of nitrogens with one attached hydrogen (secondary N) is 3. The molecule has 1 aliphatic heterocycles. The number of carbonyl (C=O) groups excluding carboxylic acids is 2. The third-order valence-corrected chi connectivity index (χ3v) is 6.52. The van der Waals surface area contributed by atoms with Gasteiger partial charge in [-0.15, -0.1) is 0 Å². The fourth-order valence-electron chi connectivity index (χ4n) is 3.19. The van der Waals surface area contributed by atoms with E-state index in [4.69, 9.17) is 0 Å². The van der Waals surface area contributed by atoms with Gasteiger partial charge in [-0.2, -0.15) is 13.2 Å². The second-order valence-corrected chi connectivity index (χ2v) is 9.34. The van der Waals surface area contributed by atoms with Crippen LogP contribution in [0.25, 0.3) is 11.4 Å². The first kappa shape index (κ1) is 21.8. The smallest absolute Gasteiger partial charge is 0.341 e. The predicted octanol–water partition coefficient (Wildman–Crippen LogP) is 1.99. The number of alkyl halides is 3. The van der Waals surface area contributed by atoms with Crippen molar-refractivity contribution in [1.29, 1.82) is 0 Å². The van der Waals surface area contributed by atoms with E-state index in [1.165, 1.54) is 19.1 Å². The molecule has 1 fully saturated rings.